The van der Waals surface area contributed by atoms with Crippen molar-refractivity contribution in [3.63, 3.8) is 0 Å². The molecule has 156 valence electrons. The van der Waals surface area contributed by atoms with Crippen LogP contribution in [0.25, 0.3) is 0 Å². The third-order valence-corrected chi connectivity index (χ3v) is 5.39. The number of rotatable bonds is 7. The SMILES string of the molecule is C[C@H]1C[C@H](C)CN(Cc2ccccc2CNC(=O)CN(C)C(=O)c2ccco2)C1. The van der Waals surface area contributed by atoms with Crippen LogP contribution in [0.15, 0.2) is 47.1 Å². The quantitative estimate of drug-likeness (QED) is 0.779. The van der Waals surface area contributed by atoms with Crippen LogP contribution in [0.5, 0.6) is 0 Å². The Kier molecular flexibility index (Phi) is 7.09. The fourth-order valence-corrected chi connectivity index (χ4v) is 4.17. The Morgan fingerprint density at radius 2 is 1.79 bits per heavy atom. The largest absolute Gasteiger partial charge is 0.459 e. The first-order valence-electron chi connectivity index (χ1n) is 10.3. The van der Waals surface area contributed by atoms with Gasteiger partial charge in [0.15, 0.2) is 5.76 Å². The third kappa shape index (κ3) is 5.94. The number of piperidine rings is 1. The summed E-state index contributed by atoms with van der Waals surface area (Å²) < 4.78 is 5.10. The molecular formula is C23H31N3O3. The number of likely N-dealkylation sites (tertiary alicyclic amines) is 1. The maximum absolute atomic E-state index is 12.3. The topological polar surface area (TPSA) is 65.8 Å². The van der Waals surface area contributed by atoms with E-state index in [2.05, 4.69) is 36.2 Å². The number of hydrogen-bond donors (Lipinski definition) is 1. The number of hydrogen-bond acceptors (Lipinski definition) is 4. The standard InChI is InChI=1S/C23H31N3O3/c1-17-11-18(2)14-26(13-17)15-20-8-5-4-7-19(20)12-24-22(27)16-25(3)23(28)21-9-6-10-29-21/h4-10,17-18H,11-16H2,1-3H3,(H,24,27)/t17-,18-/m0/s1. The van der Waals surface area contributed by atoms with E-state index < -0.39 is 0 Å². The van der Waals surface area contributed by atoms with Gasteiger partial charge in [0.25, 0.3) is 5.91 Å². The second-order valence-corrected chi connectivity index (χ2v) is 8.32. The summed E-state index contributed by atoms with van der Waals surface area (Å²) in [5.74, 6) is 1.16. The summed E-state index contributed by atoms with van der Waals surface area (Å²) in [6, 6.07) is 11.5. The van der Waals surface area contributed by atoms with Crippen LogP contribution in [0.2, 0.25) is 0 Å². The molecule has 29 heavy (non-hydrogen) atoms. The van der Waals surface area contributed by atoms with E-state index >= 15 is 0 Å². The number of likely N-dealkylation sites (N-methyl/N-ethyl adjacent to an activating group) is 1. The summed E-state index contributed by atoms with van der Waals surface area (Å²) in [6.07, 6.45) is 2.74. The lowest BCUT2D eigenvalue weighted by Gasteiger charge is -2.35. The maximum Gasteiger partial charge on any atom is 0.289 e. The molecule has 0 unspecified atom stereocenters. The van der Waals surface area contributed by atoms with Crippen molar-refractivity contribution in [2.45, 2.75) is 33.4 Å². The van der Waals surface area contributed by atoms with Gasteiger partial charge in [-0.15, -0.1) is 0 Å². The lowest BCUT2D eigenvalue weighted by molar-refractivity contribution is -0.121. The molecule has 0 saturated carbocycles. The van der Waals surface area contributed by atoms with Gasteiger partial charge >= 0.3 is 0 Å². The van der Waals surface area contributed by atoms with Gasteiger partial charge in [-0.2, -0.15) is 0 Å². The minimum absolute atomic E-state index is 0.0111. The highest BCUT2D eigenvalue weighted by Gasteiger charge is 2.22. The van der Waals surface area contributed by atoms with Crippen molar-refractivity contribution in [1.29, 1.82) is 0 Å². The number of carbonyl (C=O) groups is 2. The van der Waals surface area contributed by atoms with Crippen LogP contribution in [-0.2, 0) is 17.9 Å². The number of carbonyl (C=O) groups excluding carboxylic acids is 2. The normalized spacial score (nSPS) is 19.7. The molecule has 0 bridgehead atoms. The number of benzene rings is 1. The minimum Gasteiger partial charge on any atom is -0.459 e. The lowest BCUT2D eigenvalue weighted by atomic mass is 9.91. The Labute approximate surface area is 172 Å². The molecule has 2 aromatic rings. The smallest absolute Gasteiger partial charge is 0.289 e. The average Bonchev–Trinajstić information content (AvgIpc) is 3.20. The van der Waals surface area contributed by atoms with Gasteiger partial charge in [0.05, 0.1) is 12.8 Å². The first-order valence-corrected chi connectivity index (χ1v) is 10.3. The number of nitrogens with one attached hydrogen (secondary N) is 1. The Morgan fingerprint density at radius 1 is 1.10 bits per heavy atom. The van der Waals surface area contributed by atoms with Crippen LogP contribution in [0.4, 0.5) is 0 Å². The number of nitrogens with zero attached hydrogens (tertiary/aromatic N) is 2. The van der Waals surface area contributed by atoms with Crippen molar-refractivity contribution in [3.05, 3.63) is 59.5 Å². The zero-order valence-corrected chi connectivity index (χ0v) is 17.6. The first-order chi connectivity index (χ1) is 13.9. The monoisotopic (exact) mass is 397 g/mol. The second-order valence-electron chi connectivity index (χ2n) is 8.32. The van der Waals surface area contributed by atoms with Crippen molar-refractivity contribution < 1.29 is 14.0 Å². The van der Waals surface area contributed by atoms with E-state index in [1.54, 1.807) is 19.2 Å². The van der Waals surface area contributed by atoms with E-state index in [1.165, 1.54) is 23.1 Å². The highest BCUT2D eigenvalue weighted by molar-refractivity contribution is 5.94. The number of amides is 2. The molecule has 6 heteroatoms. The van der Waals surface area contributed by atoms with Gasteiger partial charge in [0.1, 0.15) is 0 Å². The highest BCUT2D eigenvalue weighted by Crippen LogP contribution is 2.23. The fraction of sp³-hybridized carbons (Fsp3) is 0.478. The van der Waals surface area contributed by atoms with Crippen LogP contribution < -0.4 is 5.32 Å². The third-order valence-electron chi connectivity index (χ3n) is 5.39. The predicted octanol–water partition coefficient (Wildman–Crippen LogP) is 3.15. The molecular weight excluding hydrogens is 366 g/mol. The van der Waals surface area contributed by atoms with Gasteiger partial charge in [0, 0.05) is 33.2 Å². The molecule has 1 aromatic heterocycles. The molecule has 0 spiro atoms. The van der Waals surface area contributed by atoms with Gasteiger partial charge in [-0.25, -0.2) is 0 Å². The summed E-state index contributed by atoms with van der Waals surface area (Å²) >= 11 is 0. The van der Waals surface area contributed by atoms with Crippen molar-refractivity contribution in [1.82, 2.24) is 15.1 Å². The Morgan fingerprint density at radius 3 is 2.45 bits per heavy atom. The molecule has 0 aliphatic carbocycles. The number of furan rings is 1. The summed E-state index contributed by atoms with van der Waals surface area (Å²) in [6.45, 7) is 8.21. The summed E-state index contributed by atoms with van der Waals surface area (Å²) in [5, 5.41) is 2.94. The Hall–Kier alpha value is -2.60. The van der Waals surface area contributed by atoms with Gasteiger partial charge in [-0.3, -0.25) is 14.5 Å². The van der Waals surface area contributed by atoms with Gasteiger partial charge in [-0.05, 0) is 41.5 Å². The van der Waals surface area contributed by atoms with Crippen molar-refractivity contribution in [2.75, 3.05) is 26.7 Å². The van der Waals surface area contributed by atoms with Crippen LogP contribution >= 0.6 is 0 Å². The summed E-state index contributed by atoms with van der Waals surface area (Å²) in [5.41, 5.74) is 2.36. The van der Waals surface area contributed by atoms with Crippen molar-refractivity contribution >= 4 is 11.8 Å². The Balaban J connectivity index is 1.54. The molecule has 2 heterocycles. The summed E-state index contributed by atoms with van der Waals surface area (Å²) in [4.78, 5) is 28.4. The van der Waals surface area contributed by atoms with Gasteiger partial charge in [0.2, 0.25) is 5.91 Å². The fourth-order valence-electron chi connectivity index (χ4n) is 4.17. The van der Waals surface area contributed by atoms with E-state index in [1.807, 2.05) is 12.1 Å². The first kappa shape index (κ1) is 21.1. The molecule has 2 atom stereocenters. The molecule has 0 radical (unpaired) electrons. The molecule has 1 aromatic carbocycles. The van der Waals surface area contributed by atoms with Crippen LogP contribution in [-0.4, -0.2) is 48.3 Å². The highest BCUT2D eigenvalue weighted by atomic mass is 16.3. The molecule has 3 rings (SSSR count). The molecule has 2 amide bonds. The zero-order chi connectivity index (χ0) is 20.8. The molecule has 1 saturated heterocycles. The molecule has 1 aliphatic heterocycles. The lowest BCUT2D eigenvalue weighted by Crippen LogP contribution is -2.39. The average molecular weight is 398 g/mol. The zero-order valence-electron chi connectivity index (χ0n) is 17.6. The van der Waals surface area contributed by atoms with E-state index in [4.69, 9.17) is 4.42 Å². The van der Waals surface area contributed by atoms with Crippen LogP contribution in [0.1, 0.15) is 41.9 Å². The van der Waals surface area contributed by atoms with Gasteiger partial charge < -0.3 is 14.6 Å². The molecule has 1 aliphatic rings. The van der Waals surface area contributed by atoms with Crippen LogP contribution in [0, 0.1) is 11.8 Å². The van der Waals surface area contributed by atoms with E-state index in [0.717, 1.165) is 25.2 Å². The molecule has 6 nitrogen and oxygen atoms in total. The van der Waals surface area contributed by atoms with Crippen molar-refractivity contribution in [2.24, 2.45) is 11.8 Å². The molecule has 1 N–H and O–H groups in total. The van der Waals surface area contributed by atoms with Crippen molar-refractivity contribution in [3.8, 4) is 0 Å². The minimum atomic E-state index is -0.307. The Bertz CT molecular complexity index is 809. The van der Waals surface area contributed by atoms with E-state index in [9.17, 15) is 9.59 Å². The van der Waals surface area contributed by atoms with E-state index in [0.29, 0.717) is 18.4 Å². The maximum atomic E-state index is 12.3. The predicted molar refractivity (Wildman–Crippen MR) is 112 cm³/mol. The summed E-state index contributed by atoms with van der Waals surface area (Å²) in [7, 11) is 1.59. The molecule has 1 fully saturated rings. The second kappa shape index (κ2) is 9.74. The van der Waals surface area contributed by atoms with Crippen LogP contribution in [0.3, 0.4) is 0 Å². The van der Waals surface area contributed by atoms with Gasteiger partial charge in [-0.1, -0.05) is 38.1 Å². The van der Waals surface area contributed by atoms with E-state index in [-0.39, 0.29) is 24.1 Å².